The Morgan fingerprint density at radius 3 is 1.71 bits per heavy atom. The van der Waals surface area contributed by atoms with Gasteiger partial charge in [0.25, 0.3) is 0 Å². The zero-order chi connectivity index (χ0) is 5.41. The minimum absolute atomic E-state index is 0. The topological polar surface area (TPSA) is 0 Å². The van der Waals surface area contributed by atoms with Gasteiger partial charge in [0.2, 0.25) is 0 Å². The summed E-state index contributed by atoms with van der Waals surface area (Å²) < 4.78 is 0. The van der Waals surface area contributed by atoms with Crippen molar-refractivity contribution in [2.75, 3.05) is 0 Å². The van der Waals surface area contributed by atoms with Crippen molar-refractivity contribution in [1.82, 2.24) is 0 Å². The molecule has 41 valence electrons. The maximum absolute atomic E-state index is 3.35. The van der Waals surface area contributed by atoms with E-state index in [1.54, 1.807) is 6.92 Å². The largest absolute Gasteiger partial charge is 0.504 e. The zero-order valence-electron chi connectivity index (χ0n) is 5.20. The number of rotatable bonds is 1. The normalized spacial score (nSPS) is 4.43. The molecule has 1 heteroatoms. The molecule has 0 spiro atoms. The Kier molecular flexibility index (Phi) is 64.6. The fourth-order valence-corrected chi connectivity index (χ4v) is 0. The summed E-state index contributed by atoms with van der Waals surface area (Å²) in [4.78, 5) is 0. The van der Waals surface area contributed by atoms with Crippen LogP contribution in [-0.4, -0.2) is 0 Å². The van der Waals surface area contributed by atoms with E-state index < -0.39 is 0 Å². The molecule has 1 radical (unpaired) electrons. The third-order valence-corrected chi connectivity index (χ3v) is 0.250. The van der Waals surface area contributed by atoms with E-state index in [4.69, 9.17) is 0 Å². The Bertz CT molecular complexity index is 18.1. The van der Waals surface area contributed by atoms with Crippen molar-refractivity contribution in [2.24, 2.45) is 0 Å². The van der Waals surface area contributed by atoms with E-state index in [1.165, 1.54) is 0 Å². The van der Waals surface area contributed by atoms with Gasteiger partial charge in [0.1, 0.15) is 0 Å². The second-order valence-corrected chi connectivity index (χ2v) is 0.604. The minimum Gasteiger partial charge on any atom is -0.504 e. The maximum Gasteiger partial charge on any atom is 0 e. The summed E-state index contributed by atoms with van der Waals surface area (Å²) in [5, 5.41) is 0. The van der Waals surface area contributed by atoms with Crippen molar-refractivity contribution in [2.45, 2.75) is 20.3 Å². The third-order valence-electron chi connectivity index (χ3n) is 0.250. The van der Waals surface area contributed by atoms with Crippen LogP contribution in [0.1, 0.15) is 20.3 Å². The Labute approximate surface area is 72.3 Å². The minimum atomic E-state index is 0. The van der Waals surface area contributed by atoms with Crippen LogP contribution in [0.3, 0.4) is 0 Å². The molecule has 0 aliphatic rings. The fraction of sp³-hybridized carbons (Fsp3) is 0.500. The molecule has 0 aliphatic heterocycles. The first kappa shape index (κ1) is 15.7. The van der Waals surface area contributed by atoms with Crippen LogP contribution in [0, 0.1) is 13.0 Å². The molecule has 0 aromatic heterocycles. The Morgan fingerprint density at radius 1 is 1.57 bits per heavy atom. The fourth-order valence-electron chi connectivity index (χ4n) is 0. The standard InChI is InChI=1S/C4H7.C2H5.Y/c1-3-4-2;1-2;/h1,4H2,2H3;1H2,2H3;/q2*-1;. The van der Waals surface area contributed by atoms with Crippen molar-refractivity contribution in [3.63, 3.8) is 0 Å². The molecular formula is C6H12Y-2. The predicted molar refractivity (Wildman–Crippen MR) is 30.2 cm³/mol. The SMILES string of the molecule is C=[C-]CC.[CH2-]C.[Y]. The first-order valence-corrected chi connectivity index (χ1v) is 2.12. The van der Waals surface area contributed by atoms with Crippen LogP contribution in [0.5, 0.6) is 0 Å². The van der Waals surface area contributed by atoms with Crippen molar-refractivity contribution in [1.29, 1.82) is 0 Å². The van der Waals surface area contributed by atoms with E-state index in [9.17, 15) is 0 Å². The molecule has 0 amide bonds. The van der Waals surface area contributed by atoms with Gasteiger partial charge in [-0.2, -0.15) is 13.3 Å². The first-order chi connectivity index (χ1) is 2.91. The van der Waals surface area contributed by atoms with Gasteiger partial charge in [0.15, 0.2) is 0 Å². The van der Waals surface area contributed by atoms with Crippen molar-refractivity contribution >= 4 is 0 Å². The van der Waals surface area contributed by atoms with E-state index in [0.717, 1.165) is 6.42 Å². The van der Waals surface area contributed by atoms with Gasteiger partial charge >= 0.3 is 0 Å². The molecule has 0 saturated heterocycles. The Balaban J connectivity index is -0.0000000480. The molecule has 0 nitrogen and oxygen atoms in total. The van der Waals surface area contributed by atoms with Crippen LogP contribution in [0.25, 0.3) is 0 Å². The summed E-state index contributed by atoms with van der Waals surface area (Å²) in [6.07, 6.45) is 3.64. The molecule has 0 aromatic carbocycles. The van der Waals surface area contributed by atoms with Crippen LogP contribution < -0.4 is 0 Å². The van der Waals surface area contributed by atoms with Gasteiger partial charge in [-0.15, -0.1) is 0 Å². The summed E-state index contributed by atoms with van der Waals surface area (Å²) in [6, 6.07) is 0. The van der Waals surface area contributed by atoms with Gasteiger partial charge in [-0.3, -0.25) is 6.58 Å². The monoisotopic (exact) mass is 173 g/mol. The molecule has 0 fully saturated rings. The number of hydrogen-bond acceptors (Lipinski definition) is 0. The Hall–Kier alpha value is 0.844. The molecule has 0 rings (SSSR count). The van der Waals surface area contributed by atoms with Gasteiger partial charge in [0, 0.05) is 32.7 Å². The second kappa shape index (κ2) is 28.9. The predicted octanol–water partition coefficient (Wildman–Crippen LogP) is 2.22. The summed E-state index contributed by atoms with van der Waals surface area (Å²) >= 11 is 0. The molecule has 0 aromatic rings. The average Bonchev–Trinajstić information content (AvgIpc) is 1.72. The van der Waals surface area contributed by atoms with Gasteiger partial charge in [0.05, 0.1) is 0 Å². The number of hydrogen-bond donors (Lipinski definition) is 0. The summed E-state index contributed by atoms with van der Waals surface area (Å²) in [6.45, 7) is 10.4. The molecule has 0 atom stereocenters. The molecule has 0 bridgehead atoms. The maximum atomic E-state index is 3.35. The quantitative estimate of drug-likeness (QED) is 0.533. The van der Waals surface area contributed by atoms with E-state index in [0.29, 0.717) is 0 Å². The van der Waals surface area contributed by atoms with Crippen LogP contribution in [-0.2, 0) is 32.7 Å². The smallest absolute Gasteiger partial charge is 0 e. The van der Waals surface area contributed by atoms with Crippen molar-refractivity contribution in [3.8, 4) is 0 Å². The first-order valence-electron chi connectivity index (χ1n) is 2.12. The van der Waals surface area contributed by atoms with Crippen LogP contribution >= 0.6 is 0 Å². The molecule has 0 heterocycles. The molecule has 0 saturated carbocycles. The van der Waals surface area contributed by atoms with E-state index in [2.05, 4.69) is 19.6 Å². The summed E-state index contributed by atoms with van der Waals surface area (Å²) in [5.41, 5.74) is 0. The van der Waals surface area contributed by atoms with Crippen molar-refractivity contribution < 1.29 is 32.7 Å². The van der Waals surface area contributed by atoms with Crippen molar-refractivity contribution in [3.05, 3.63) is 19.6 Å². The zero-order valence-corrected chi connectivity index (χ0v) is 8.04. The molecular weight excluding hydrogens is 161 g/mol. The average molecular weight is 173 g/mol. The summed E-state index contributed by atoms with van der Waals surface area (Å²) in [5.74, 6) is 0. The van der Waals surface area contributed by atoms with Gasteiger partial charge < -0.3 is 13.0 Å². The van der Waals surface area contributed by atoms with Crippen LogP contribution in [0.4, 0.5) is 0 Å². The van der Waals surface area contributed by atoms with Crippen LogP contribution in [0.15, 0.2) is 6.58 Å². The van der Waals surface area contributed by atoms with E-state index in [1.807, 2.05) is 6.92 Å². The Morgan fingerprint density at radius 2 is 1.71 bits per heavy atom. The second-order valence-electron chi connectivity index (χ2n) is 0.604. The van der Waals surface area contributed by atoms with Gasteiger partial charge in [-0.25, -0.2) is 0 Å². The molecule has 0 unspecified atom stereocenters. The van der Waals surface area contributed by atoms with Gasteiger partial charge in [-0.1, -0.05) is 6.92 Å². The molecule has 0 aliphatic carbocycles. The van der Waals surface area contributed by atoms with E-state index >= 15 is 0 Å². The molecule has 7 heavy (non-hydrogen) atoms. The van der Waals surface area contributed by atoms with Gasteiger partial charge in [-0.05, 0) is 0 Å². The number of allylic oxidation sites excluding steroid dienone is 1. The molecule has 0 N–H and O–H groups in total. The third kappa shape index (κ3) is 47.2. The van der Waals surface area contributed by atoms with Crippen LogP contribution in [0.2, 0.25) is 0 Å². The van der Waals surface area contributed by atoms with E-state index in [-0.39, 0.29) is 32.7 Å². The summed E-state index contributed by atoms with van der Waals surface area (Å²) in [7, 11) is 0.